The first-order chi connectivity index (χ1) is 9.00. The maximum Gasteiger partial charge on any atom is 0.209 e. The topological polar surface area (TPSA) is 34.4 Å². The van der Waals surface area contributed by atoms with Crippen LogP contribution in [-0.4, -0.2) is 56.1 Å². The third-order valence-corrected chi connectivity index (χ3v) is 3.05. The van der Waals surface area contributed by atoms with Crippen LogP contribution in [0.25, 0.3) is 0 Å². The number of hydrogen-bond acceptors (Lipinski definition) is 5. The number of benzene rings is 1. The molecule has 5 nitrogen and oxygen atoms in total. The zero-order chi connectivity index (χ0) is 14.0. The summed E-state index contributed by atoms with van der Waals surface area (Å²) in [5.41, 5.74) is 1.11. The van der Waals surface area contributed by atoms with E-state index in [9.17, 15) is 0 Å². The normalized spacial score (nSPS) is 18.8. The fraction of sp³-hybridized carbons (Fsp3) is 0.429. The van der Waals surface area contributed by atoms with Crippen LogP contribution in [0.2, 0.25) is 0 Å². The largest absolute Gasteiger partial charge is 0.349 e. The summed E-state index contributed by atoms with van der Waals surface area (Å²) in [5, 5.41) is 0. The van der Waals surface area contributed by atoms with Crippen LogP contribution in [-0.2, 0) is 0 Å². The van der Waals surface area contributed by atoms with Crippen LogP contribution in [0.4, 0.5) is 5.69 Å². The van der Waals surface area contributed by atoms with Gasteiger partial charge < -0.3 is 9.80 Å². The zero-order valence-electron chi connectivity index (χ0n) is 12.2. The van der Waals surface area contributed by atoms with Gasteiger partial charge in [0.15, 0.2) is 0 Å². The molecule has 1 aliphatic rings. The zero-order valence-corrected chi connectivity index (χ0v) is 12.2. The first-order valence-corrected chi connectivity index (χ1v) is 6.36. The summed E-state index contributed by atoms with van der Waals surface area (Å²) in [6.07, 6.45) is -0.0604. The molecule has 0 saturated carbocycles. The van der Waals surface area contributed by atoms with Gasteiger partial charge in [0.1, 0.15) is 6.17 Å². The summed E-state index contributed by atoms with van der Waals surface area (Å²) in [7, 11) is 8.00. The standard InChI is InChI=1S/C14H21N5/c1-11-15-13(17(2)3)19(5)14(16-11)18(4)12-9-7-6-8-10-12/h6-11H,1-5H3. The van der Waals surface area contributed by atoms with Crippen molar-refractivity contribution in [1.82, 2.24) is 9.80 Å². The molecular weight excluding hydrogens is 238 g/mol. The van der Waals surface area contributed by atoms with Gasteiger partial charge in [-0.2, -0.15) is 0 Å². The van der Waals surface area contributed by atoms with E-state index in [2.05, 4.69) is 27.0 Å². The van der Waals surface area contributed by atoms with Gasteiger partial charge in [-0.1, -0.05) is 18.2 Å². The van der Waals surface area contributed by atoms with Gasteiger partial charge in [-0.05, 0) is 19.1 Å². The molecule has 1 unspecified atom stereocenters. The Hall–Kier alpha value is -2.04. The predicted octanol–water partition coefficient (Wildman–Crippen LogP) is 1.69. The quantitative estimate of drug-likeness (QED) is 0.769. The smallest absolute Gasteiger partial charge is 0.209 e. The van der Waals surface area contributed by atoms with Crippen LogP contribution in [0, 0.1) is 0 Å². The van der Waals surface area contributed by atoms with Crippen LogP contribution in [0.1, 0.15) is 6.92 Å². The van der Waals surface area contributed by atoms with Gasteiger partial charge in [-0.15, -0.1) is 0 Å². The van der Waals surface area contributed by atoms with Crippen molar-refractivity contribution in [2.24, 2.45) is 9.98 Å². The Morgan fingerprint density at radius 2 is 1.58 bits per heavy atom. The van der Waals surface area contributed by atoms with E-state index in [1.807, 2.05) is 63.1 Å². The highest BCUT2D eigenvalue weighted by molar-refractivity contribution is 6.07. The van der Waals surface area contributed by atoms with Gasteiger partial charge in [0.25, 0.3) is 0 Å². The summed E-state index contributed by atoms with van der Waals surface area (Å²) in [6.45, 7) is 2.00. The SMILES string of the molecule is CC1N=C(N(C)C)N(C)C(N(C)c2ccccc2)=N1. The summed E-state index contributed by atoms with van der Waals surface area (Å²) in [5.74, 6) is 1.82. The average molecular weight is 259 g/mol. The first-order valence-electron chi connectivity index (χ1n) is 6.36. The molecule has 0 aliphatic carbocycles. The van der Waals surface area contributed by atoms with Crippen molar-refractivity contribution >= 4 is 17.6 Å². The van der Waals surface area contributed by atoms with Crippen molar-refractivity contribution in [3.05, 3.63) is 30.3 Å². The molecule has 19 heavy (non-hydrogen) atoms. The Labute approximate surface area is 114 Å². The molecule has 1 heterocycles. The molecule has 2 rings (SSSR count). The molecular formula is C14H21N5. The van der Waals surface area contributed by atoms with Crippen molar-refractivity contribution < 1.29 is 0 Å². The lowest BCUT2D eigenvalue weighted by Gasteiger charge is -2.35. The molecule has 0 N–H and O–H groups in total. The highest BCUT2D eigenvalue weighted by Crippen LogP contribution is 2.16. The van der Waals surface area contributed by atoms with E-state index < -0.39 is 0 Å². The second-order valence-corrected chi connectivity index (χ2v) is 4.84. The van der Waals surface area contributed by atoms with Crippen molar-refractivity contribution in [3.8, 4) is 0 Å². The molecule has 1 aromatic rings. The summed E-state index contributed by atoms with van der Waals surface area (Å²) in [4.78, 5) is 15.3. The molecule has 1 atom stereocenters. The highest BCUT2D eigenvalue weighted by atomic mass is 15.5. The molecule has 1 aliphatic heterocycles. The number of rotatable bonds is 1. The number of aliphatic imine (C=N–C) groups is 2. The van der Waals surface area contributed by atoms with E-state index >= 15 is 0 Å². The Balaban J connectivity index is 2.30. The van der Waals surface area contributed by atoms with Gasteiger partial charge in [-0.3, -0.25) is 4.90 Å². The van der Waals surface area contributed by atoms with E-state index in [0.29, 0.717) is 0 Å². The van der Waals surface area contributed by atoms with Crippen LogP contribution >= 0.6 is 0 Å². The van der Waals surface area contributed by atoms with Crippen molar-refractivity contribution in [1.29, 1.82) is 0 Å². The lowest BCUT2D eigenvalue weighted by atomic mass is 10.3. The van der Waals surface area contributed by atoms with Gasteiger partial charge >= 0.3 is 0 Å². The first kappa shape index (κ1) is 13.4. The third kappa shape index (κ3) is 2.70. The average Bonchev–Trinajstić information content (AvgIpc) is 2.41. The number of nitrogens with zero attached hydrogens (tertiary/aromatic N) is 5. The van der Waals surface area contributed by atoms with Crippen molar-refractivity contribution in [2.75, 3.05) is 33.1 Å². The maximum absolute atomic E-state index is 4.63. The Morgan fingerprint density at radius 1 is 1.00 bits per heavy atom. The number of anilines is 1. The Morgan fingerprint density at radius 3 is 2.16 bits per heavy atom. The number of guanidine groups is 2. The fourth-order valence-electron chi connectivity index (χ4n) is 2.12. The minimum atomic E-state index is -0.0604. The van der Waals surface area contributed by atoms with Gasteiger partial charge in [0, 0.05) is 33.9 Å². The second-order valence-electron chi connectivity index (χ2n) is 4.84. The monoisotopic (exact) mass is 259 g/mol. The van der Waals surface area contributed by atoms with Crippen LogP contribution in [0.3, 0.4) is 0 Å². The Bertz CT molecular complexity index is 492. The van der Waals surface area contributed by atoms with E-state index in [1.54, 1.807) is 0 Å². The number of hydrogen-bond donors (Lipinski definition) is 0. The summed E-state index contributed by atoms with van der Waals surface area (Å²) >= 11 is 0. The molecule has 0 amide bonds. The molecule has 102 valence electrons. The fourth-order valence-corrected chi connectivity index (χ4v) is 2.12. The van der Waals surface area contributed by atoms with E-state index in [4.69, 9.17) is 0 Å². The summed E-state index contributed by atoms with van der Waals surface area (Å²) < 4.78 is 0. The third-order valence-electron chi connectivity index (χ3n) is 3.05. The van der Waals surface area contributed by atoms with Crippen LogP contribution in [0.5, 0.6) is 0 Å². The Kier molecular flexibility index (Phi) is 3.74. The molecule has 0 fully saturated rings. The minimum Gasteiger partial charge on any atom is -0.349 e. The second kappa shape index (κ2) is 5.30. The highest BCUT2D eigenvalue weighted by Gasteiger charge is 2.24. The molecule has 0 radical (unpaired) electrons. The van der Waals surface area contributed by atoms with Crippen molar-refractivity contribution in [2.45, 2.75) is 13.1 Å². The van der Waals surface area contributed by atoms with Gasteiger partial charge in [0.2, 0.25) is 11.9 Å². The molecule has 1 aromatic carbocycles. The summed E-state index contributed by atoms with van der Waals surface area (Å²) in [6, 6.07) is 10.2. The lowest BCUT2D eigenvalue weighted by molar-refractivity contribution is 0.499. The van der Waals surface area contributed by atoms with E-state index in [-0.39, 0.29) is 6.17 Å². The van der Waals surface area contributed by atoms with Gasteiger partial charge in [0.05, 0.1) is 0 Å². The van der Waals surface area contributed by atoms with Crippen LogP contribution < -0.4 is 4.90 Å². The van der Waals surface area contributed by atoms with Crippen molar-refractivity contribution in [3.63, 3.8) is 0 Å². The van der Waals surface area contributed by atoms with Gasteiger partial charge in [-0.25, -0.2) is 9.98 Å². The molecule has 5 heteroatoms. The maximum atomic E-state index is 4.63. The molecule has 0 aromatic heterocycles. The van der Waals surface area contributed by atoms with E-state index in [0.717, 1.165) is 17.6 Å². The molecule has 0 saturated heterocycles. The lowest BCUT2D eigenvalue weighted by Crippen LogP contribution is -2.51. The van der Waals surface area contributed by atoms with Crippen LogP contribution in [0.15, 0.2) is 40.3 Å². The molecule has 0 bridgehead atoms. The molecule has 0 spiro atoms. The van der Waals surface area contributed by atoms with E-state index in [1.165, 1.54) is 0 Å². The number of para-hydroxylation sites is 1. The predicted molar refractivity (Wildman–Crippen MR) is 80.6 cm³/mol. The minimum absolute atomic E-state index is 0.0604.